The van der Waals surface area contributed by atoms with E-state index in [1.54, 1.807) is 13.8 Å². The zero-order valence-corrected chi connectivity index (χ0v) is 25.9. The van der Waals surface area contributed by atoms with Gasteiger partial charge in [-0.15, -0.1) is 0 Å². The zero-order valence-electron chi connectivity index (χ0n) is 25.9. The molecule has 0 N–H and O–H groups in total. The highest BCUT2D eigenvalue weighted by Gasteiger charge is 2.57. The van der Waals surface area contributed by atoms with Crippen molar-refractivity contribution in [3.8, 4) is 0 Å². The highest BCUT2D eigenvalue weighted by molar-refractivity contribution is 5.69. The SMILES string of the molecule is C=C(C)O[C@@H]1C(OC(C)=O)C(OC(C)=O)[C@H](O[C@H]2OC(COC(C)=O)[C@@H](OC(C)=O)[C@H](OC(C)=O)C2OC(C)=O)O[C@@H]1CC. The first-order valence-electron chi connectivity index (χ1n) is 13.8. The lowest BCUT2D eigenvalue weighted by Gasteiger charge is -2.48. The maximum atomic E-state index is 12.2. The number of allylic oxidation sites excluding steroid dienone is 1. The van der Waals surface area contributed by atoms with E-state index in [0.29, 0.717) is 6.42 Å². The van der Waals surface area contributed by atoms with Crippen molar-refractivity contribution in [2.75, 3.05) is 6.61 Å². The van der Waals surface area contributed by atoms with E-state index in [9.17, 15) is 28.8 Å². The van der Waals surface area contributed by atoms with Gasteiger partial charge in [-0.05, 0) is 13.3 Å². The summed E-state index contributed by atoms with van der Waals surface area (Å²) in [5, 5.41) is 0. The highest BCUT2D eigenvalue weighted by atomic mass is 16.8. The Morgan fingerprint density at radius 3 is 1.25 bits per heavy atom. The second kappa shape index (κ2) is 16.4. The fourth-order valence-electron chi connectivity index (χ4n) is 4.76. The van der Waals surface area contributed by atoms with Crippen molar-refractivity contribution in [2.24, 2.45) is 0 Å². The van der Waals surface area contributed by atoms with Gasteiger partial charge in [-0.3, -0.25) is 28.8 Å². The molecule has 0 bridgehead atoms. The van der Waals surface area contributed by atoms with E-state index in [0.717, 1.165) is 41.5 Å². The Labute approximate surface area is 254 Å². The van der Waals surface area contributed by atoms with E-state index in [1.165, 1.54) is 0 Å². The largest absolute Gasteiger partial charge is 0.489 e. The minimum absolute atomic E-state index is 0.259. The molecule has 0 saturated carbocycles. The van der Waals surface area contributed by atoms with Gasteiger partial charge in [0.1, 0.15) is 18.8 Å². The number of rotatable bonds is 12. The molecule has 0 aromatic carbocycles. The van der Waals surface area contributed by atoms with Crippen LogP contribution in [0, 0.1) is 0 Å². The molecule has 0 aromatic rings. The van der Waals surface area contributed by atoms with Gasteiger partial charge < -0.3 is 47.4 Å². The van der Waals surface area contributed by atoms with Crippen LogP contribution in [0.15, 0.2) is 12.3 Å². The van der Waals surface area contributed by atoms with Crippen molar-refractivity contribution in [1.29, 1.82) is 0 Å². The molecule has 248 valence electrons. The summed E-state index contributed by atoms with van der Waals surface area (Å²) < 4.78 is 56.3. The summed E-state index contributed by atoms with van der Waals surface area (Å²) in [4.78, 5) is 72.3. The summed E-state index contributed by atoms with van der Waals surface area (Å²) in [6.45, 7) is 13.1. The molecule has 0 spiro atoms. The third-order valence-electron chi connectivity index (χ3n) is 6.15. The first-order chi connectivity index (χ1) is 20.5. The molecule has 44 heavy (non-hydrogen) atoms. The van der Waals surface area contributed by atoms with Crippen molar-refractivity contribution < 1.29 is 76.1 Å². The average Bonchev–Trinajstić information content (AvgIpc) is 2.87. The summed E-state index contributed by atoms with van der Waals surface area (Å²) >= 11 is 0. The molecule has 0 aromatic heterocycles. The van der Waals surface area contributed by atoms with Gasteiger partial charge in [-0.2, -0.15) is 0 Å². The molecule has 0 radical (unpaired) electrons. The van der Waals surface area contributed by atoms with Gasteiger partial charge in [0.2, 0.25) is 12.6 Å². The van der Waals surface area contributed by atoms with Crippen LogP contribution in [0.25, 0.3) is 0 Å². The van der Waals surface area contributed by atoms with Crippen molar-refractivity contribution in [3.63, 3.8) is 0 Å². The van der Waals surface area contributed by atoms with Gasteiger partial charge in [0.25, 0.3) is 0 Å². The number of ether oxygens (including phenoxy) is 10. The first-order valence-corrected chi connectivity index (χ1v) is 13.8. The number of hydrogen-bond donors (Lipinski definition) is 0. The maximum absolute atomic E-state index is 12.2. The molecule has 2 rings (SSSR count). The minimum atomic E-state index is -1.67. The summed E-state index contributed by atoms with van der Waals surface area (Å²) in [6.07, 6.45) is -13.3. The van der Waals surface area contributed by atoms with Gasteiger partial charge >= 0.3 is 35.8 Å². The Morgan fingerprint density at radius 1 is 0.523 bits per heavy atom. The third-order valence-corrected chi connectivity index (χ3v) is 6.15. The lowest BCUT2D eigenvalue weighted by molar-refractivity contribution is -0.376. The Balaban J connectivity index is 2.63. The van der Waals surface area contributed by atoms with E-state index in [2.05, 4.69) is 6.58 Å². The molecular weight excluding hydrogens is 592 g/mol. The normalized spacial score (nSPS) is 31.5. The molecule has 16 heteroatoms. The topological polar surface area (TPSA) is 195 Å². The summed E-state index contributed by atoms with van der Waals surface area (Å²) in [6, 6.07) is 0. The average molecular weight is 633 g/mol. The summed E-state index contributed by atoms with van der Waals surface area (Å²) in [7, 11) is 0. The van der Waals surface area contributed by atoms with Gasteiger partial charge in [0.15, 0.2) is 36.6 Å². The molecule has 2 fully saturated rings. The predicted octanol–water partition coefficient (Wildman–Crippen LogP) is 1.00. The monoisotopic (exact) mass is 632 g/mol. The molecule has 2 heterocycles. The van der Waals surface area contributed by atoms with E-state index >= 15 is 0 Å². The number of esters is 6. The number of hydrogen-bond acceptors (Lipinski definition) is 16. The van der Waals surface area contributed by atoms with Crippen molar-refractivity contribution in [1.82, 2.24) is 0 Å². The van der Waals surface area contributed by atoms with E-state index < -0.39 is 104 Å². The van der Waals surface area contributed by atoms with Gasteiger partial charge in [0.05, 0.1) is 5.76 Å². The fourth-order valence-corrected chi connectivity index (χ4v) is 4.76. The fraction of sp³-hybridized carbons (Fsp3) is 0.714. The molecule has 10 atom stereocenters. The zero-order chi connectivity index (χ0) is 33.3. The second-order valence-electron chi connectivity index (χ2n) is 10.1. The molecule has 4 unspecified atom stereocenters. The summed E-state index contributed by atoms with van der Waals surface area (Å²) in [5.41, 5.74) is 0. The van der Waals surface area contributed by atoms with Crippen LogP contribution in [0.1, 0.15) is 61.8 Å². The Hall–Kier alpha value is -3.76. The van der Waals surface area contributed by atoms with Crippen LogP contribution in [0.5, 0.6) is 0 Å². The smallest absolute Gasteiger partial charge is 0.303 e. The van der Waals surface area contributed by atoms with Crippen LogP contribution in [-0.2, 0) is 76.1 Å². The Kier molecular flexibility index (Phi) is 13.5. The number of carbonyl (C=O) groups excluding carboxylic acids is 6. The molecule has 0 aliphatic carbocycles. The lowest BCUT2D eigenvalue weighted by atomic mass is 9.95. The first kappa shape index (κ1) is 36.4. The number of carbonyl (C=O) groups is 6. The van der Waals surface area contributed by atoms with Gasteiger partial charge in [-0.25, -0.2) is 0 Å². The Bertz CT molecular complexity index is 1090. The van der Waals surface area contributed by atoms with Crippen LogP contribution in [0.4, 0.5) is 0 Å². The van der Waals surface area contributed by atoms with Crippen LogP contribution in [-0.4, -0.2) is 104 Å². The maximum Gasteiger partial charge on any atom is 0.303 e. The van der Waals surface area contributed by atoms with E-state index in [4.69, 9.17) is 47.4 Å². The molecule has 2 aliphatic heterocycles. The Morgan fingerprint density at radius 2 is 0.886 bits per heavy atom. The standard InChI is InChI=1S/C28H40O16/c1-10-19-21(36-12(2)3)23(38-15(6)31)25(40-17(8)33)27(42-19)44-28-26(41-18(9)34)24(39-16(7)32)22(37-14(5)30)20(43-28)11-35-13(4)29/h19-28H,2,10-11H2,1,3-9H3/t19-,20?,21+,22-,23?,24+,25?,26?,27+,28-/m1/s1. The van der Waals surface area contributed by atoms with Crippen LogP contribution >= 0.6 is 0 Å². The molecule has 2 aliphatic rings. The quantitative estimate of drug-likeness (QED) is 0.168. The second-order valence-corrected chi connectivity index (χ2v) is 10.1. The van der Waals surface area contributed by atoms with Crippen molar-refractivity contribution in [2.45, 2.75) is 123 Å². The predicted molar refractivity (Wildman–Crippen MR) is 143 cm³/mol. The minimum Gasteiger partial charge on any atom is -0.489 e. The molecular formula is C28H40O16. The van der Waals surface area contributed by atoms with Crippen LogP contribution in [0.2, 0.25) is 0 Å². The van der Waals surface area contributed by atoms with Crippen LogP contribution in [0.3, 0.4) is 0 Å². The highest BCUT2D eigenvalue weighted by Crippen LogP contribution is 2.36. The summed E-state index contributed by atoms with van der Waals surface area (Å²) in [5.74, 6) is -4.49. The van der Waals surface area contributed by atoms with Crippen LogP contribution < -0.4 is 0 Å². The van der Waals surface area contributed by atoms with Gasteiger partial charge in [-0.1, -0.05) is 13.5 Å². The van der Waals surface area contributed by atoms with E-state index in [-0.39, 0.29) is 5.76 Å². The third kappa shape index (κ3) is 10.4. The molecule has 2 saturated heterocycles. The van der Waals surface area contributed by atoms with Gasteiger partial charge in [0, 0.05) is 41.5 Å². The molecule has 0 amide bonds. The molecule has 16 nitrogen and oxygen atoms in total. The van der Waals surface area contributed by atoms with Crippen molar-refractivity contribution >= 4 is 35.8 Å². The lowest BCUT2D eigenvalue weighted by Crippen LogP contribution is -2.66. The van der Waals surface area contributed by atoms with E-state index in [1.807, 2.05) is 0 Å². The van der Waals surface area contributed by atoms with Crippen molar-refractivity contribution in [3.05, 3.63) is 12.3 Å².